The van der Waals surface area contributed by atoms with Crippen LogP contribution in [0.5, 0.6) is 5.75 Å². The summed E-state index contributed by atoms with van der Waals surface area (Å²) >= 11 is 3.12. The van der Waals surface area contributed by atoms with Crippen LogP contribution in [0.3, 0.4) is 0 Å². The molecule has 11 heteroatoms. The molecule has 2 unspecified atom stereocenters. The Morgan fingerprint density at radius 2 is 1.96 bits per heavy atom. The molecule has 0 radical (unpaired) electrons. The molecule has 0 saturated heterocycles. The molecular weight excluding hydrogens is 661 g/mol. The van der Waals surface area contributed by atoms with E-state index in [-0.39, 0.29) is 45.6 Å². The van der Waals surface area contributed by atoms with E-state index >= 15 is 0 Å². The number of ether oxygens (including phenoxy) is 3. The van der Waals surface area contributed by atoms with Crippen LogP contribution in [0.1, 0.15) is 75.9 Å². The maximum Gasteiger partial charge on any atom is 0.345 e. The lowest BCUT2D eigenvalue weighted by molar-refractivity contribution is -0.257. The van der Waals surface area contributed by atoms with Crippen LogP contribution < -0.4 is 10.4 Å². The fourth-order valence-electron chi connectivity index (χ4n) is 8.52. The van der Waals surface area contributed by atoms with Crippen LogP contribution in [0.25, 0.3) is 11.3 Å². The van der Waals surface area contributed by atoms with E-state index in [1.165, 1.54) is 19.1 Å². The number of benzene rings is 1. The fourth-order valence-corrected chi connectivity index (χ4v) is 8.76. The number of carbonyl (C=O) groups excluding carboxylic acids is 2. The van der Waals surface area contributed by atoms with Crippen molar-refractivity contribution in [1.82, 2.24) is 4.98 Å². The zero-order chi connectivity index (χ0) is 33.2. The third-order valence-electron chi connectivity index (χ3n) is 11.1. The molecule has 2 aliphatic carbocycles. The lowest BCUT2D eigenvalue weighted by atomic mass is 9.41. The van der Waals surface area contributed by atoms with E-state index in [1.54, 1.807) is 37.5 Å². The molecule has 3 aliphatic rings. The van der Waals surface area contributed by atoms with E-state index in [0.29, 0.717) is 18.4 Å². The Kier molecular flexibility index (Phi) is 8.16. The molecule has 2 saturated carbocycles. The molecule has 6 rings (SSSR count). The minimum atomic E-state index is -1.33. The van der Waals surface area contributed by atoms with Gasteiger partial charge in [-0.25, -0.2) is 14.0 Å². The Bertz CT molecular complexity index is 1750. The number of fused-ring (bicyclic) bond motifs is 4. The molecule has 2 aromatic heterocycles. The van der Waals surface area contributed by atoms with Crippen molar-refractivity contribution in [3.05, 3.63) is 80.6 Å². The molecule has 2 fully saturated rings. The van der Waals surface area contributed by atoms with Crippen LogP contribution in [-0.4, -0.2) is 40.3 Å². The minimum absolute atomic E-state index is 0.00245. The normalized spacial score (nSPS) is 33.1. The number of esters is 2. The summed E-state index contributed by atoms with van der Waals surface area (Å²) in [6, 6.07) is 9.01. The smallest absolute Gasteiger partial charge is 0.345 e. The standard InChI is InChI=1S/C35H37BrFNO8/c1-18-10-11-33(3)26(34(18,4)17-43-19(2)39)15-27(45-31(41)20-8-9-22(36)23(37)13-20)35(5)30(33)29(40)28-25(46-35)14-24(44-32(28)42)21-7-6-12-38-16-21/h6-9,12-14,16,18,26-27,29-30,40H,10-11,15,17H2,1-5H3/t18-,26?,27-,29-,30?,33-,34+,35+/m0/s1. The second-order valence-electron chi connectivity index (χ2n) is 13.7. The number of rotatable bonds is 5. The van der Waals surface area contributed by atoms with Crippen molar-refractivity contribution in [2.45, 2.75) is 71.7 Å². The van der Waals surface area contributed by atoms with Gasteiger partial charge in [0.1, 0.15) is 34.6 Å². The van der Waals surface area contributed by atoms with E-state index in [9.17, 15) is 23.9 Å². The van der Waals surface area contributed by atoms with Crippen LogP contribution in [0.2, 0.25) is 0 Å². The van der Waals surface area contributed by atoms with Crippen molar-refractivity contribution in [2.24, 2.45) is 28.6 Å². The van der Waals surface area contributed by atoms with E-state index < -0.39 is 57.9 Å². The fraction of sp³-hybridized carbons (Fsp3) is 0.486. The van der Waals surface area contributed by atoms with Gasteiger partial charge in [-0.1, -0.05) is 20.8 Å². The van der Waals surface area contributed by atoms with E-state index in [4.69, 9.17) is 18.6 Å². The number of aliphatic hydroxyl groups excluding tert-OH is 1. The Balaban J connectivity index is 1.49. The number of hydrogen-bond donors (Lipinski definition) is 1. The molecule has 0 amide bonds. The Hall–Kier alpha value is -3.57. The number of carbonyl (C=O) groups is 2. The maximum absolute atomic E-state index is 14.5. The largest absolute Gasteiger partial charge is 0.482 e. The third-order valence-corrected chi connectivity index (χ3v) is 11.7. The zero-order valence-corrected chi connectivity index (χ0v) is 27.9. The Morgan fingerprint density at radius 3 is 2.63 bits per heavy atom. The summed E-state index contributed by atoms with van der Waals surface area (Å²) < 4.78 is 39.0. The van der Waals surface area contributed by atoms with Crippen molar-refractivity contribution < 1.29 is 37.7 Å². The van der Waals surface area contributed by atoms with Crippen LogP contribution >= 0.6 is 15.9 Å². The van der Waals surface area contributed by atoms with Crippen molar-refractivity contribution in [2.75, 3.05) is 6.61 Å². The molecule has 1 aromatic carbocycles. The van der Waals surface area contributed by atoms with Crippen LogP contribution in [0, 0.1) is 34.4 Å². The third kappa shape index (κ3) is 5.15. The Morgan fingerprint density at radius 1 is 1.20 bits per heavy atom. The average Bonchev–Trinajstić information content (AvgIpc) is 3.00. The highest BCUT2D eigenvalue weighted by Gasteiger charge is 2.70. The molecule has 3 heterocycles. The lowest BCUT2D eigenvalue weighted by Crippen LogP contribution is -2.70. The van der Waals surface area contributed by atoms with Gasteiger partial charge in [-0.05, 0) is 89.7 Å². The van der Waals surface area contributed by atoms with Gasteiger partial charge >= 0.3 is 17.6 Å². The minimum Gasteiger partial charge on any atom is -0.482 e. The molecule has 1 aliphatic heterocycles. The molecule has 1 N–H and O–H groups in total. The van der Waals surface area contributed by atoms with Crippen molar-refractivity contribution >= 4 is 27.9 Å². The monoisotopic (exact) mass is 697 g/mol. The molecule has 244 valence electrons. The Labute approximate surface area is 274 Å². The molecular formula is C35H37BrFNO8. The zero-order valence-electron chi connectivity index (χ0n) is 26.3. The predicted molar refractivity (Wildman–Crippen MR) is 168 cm³/mol. The van der Waals surface area contributed by atoms with Gasteiger partial charge < -0.3 is 23.7 Å². The number of halogens is 2. The first-order valence-electron chi connectivity index (χ1n) is 15.4. The molecule has 3 aromatic rings. The van der Waals surface area contributed by atoms with Crippen molar-refractivity contribution in [3.8, 4) is 17.1 Å². The highest BCUT2D eigenvalue weighted by atomic mass is 79.9. The number of aliphatic hydroxyl groups is 1. The quantitative estimate of drug-likeness (QED) is 0.292. The summed E-state index contributed by atoms with van der Waals surface area (Å²) in [6.07, 6.45) is 2.65. The van der Waals surface area contributed by atoms with Crippen molar-refractivity contribution in [3.63, 3.8) is 0 Å². The van der Waals surface area contributed by atoms with Gasteiger partial charge in [-0.15, -0.1) is 0 Å². The topological polar surface area (TPSA) is 125 Å². The van der Waals surface area contributed by atoms with Gasteiger partial charge in [0.05, 0.1) is 22.7 Å². The number of nitrogens with zero attached hydrogens (tertiary/aromatic N) is 1. The summed E-state index contributed by atoms with van der Waals surface area (Å²) in [5.41, 5.74) is -2.70. The SMILES string of the molecule is CC(=O)OC[C@@]1(C)C2C[C@H](OC(=O)c3ccc(Br)c(F)c3)[C@@]3(C)Oc4cc(-c5cccnc5)oc(=O)c4[C@H](O)C3[C@@]2(C)CC[C@@H]1C. The summed E-state index contributed by atoms with van der Waals surface area (Å²) in [6.45, 7) is 9.54. The number of hydrogen-bond acceptors (Lipinski definition) is 9. The summed E-state index contributed by atoms with van der Waals surface area (Å²) in [5, 5.41) is 12.2. The van der Waals surface area contributed by atoms with Gasteiger partial charge in [0.2, 0.25) is 0 Å². The van der Waals surface area contributed by atoms with Gasteiger partial charge in [-0.2, -0.15) is 0 Å². The molecule has 0 bridgehead atoms. The second kappa shape index (κ2) is 11.6. The number of pyridine rings is 1. The van der Waals surface area contributed by atoms with Gasteiger partial charge in [0.15, 0.2) is 0 Å². The molecule has 9 nitrogen and oxygen atoms in total. The van der Waals surface area contributed by atoms with Crippen LogP contribution in [-0.2, 0) is 14.3 Å². The first kappa shape index (κ1) is 32.4. The van der Waals surface area contributed by atoms with Crippen LogP contribution in [0.15, 0.2) is 62.5 Å². The van der Waals surface area contributed by atoms with E-state index in [1.807, 2.05) is 0 Å². The number of aromatic nitrogens is 1. The highest BCUT2D eigenvalue weighted by Crippen LogP contribution is 2.68. The van der Waals surface area contributed by atoms with Crippen molar-refractivity contribution in [1.29, 1.82) is 0 Å². The average molecular weight is 699 g/mol. The summed E-state index contributed by atoms with van der Waals surface area (Å²) in [7, 11) is 0. The molecule has 46 heavy (non-hydrogen) atoms. The van der Waals surface area contributed by atoms with Gasteiger partial charge in [0, 0.05) is 42.3 Å². The predicted octanol–water partition coefficient (Wildman–Crippen LogP) is 6.66. The molecule has 0 spiro atoms. The summed E-state index contributed by atoms with van der Waals surface area (Å²) in [5.74, 6) is -2.28. The second-order valence-corrected chi connectivity index (χ2v) is 14.5. The first-order valence-corrected chi connectivity index (χ1v) is 16.2. The highest BCUT2D eigenvalue weighted by molar-refractivity contribution is 9.10. The summed E-state index contributed by atoms with van der Waals surface area (Å²) in [4.78, 5) is 43.3. The van der Waals surface area contributed by atoms with Gasteiger partial charge in [-0.3, -0.25) is 9.78 Å². The lowest BCUT2D eigenvalue weighted by Gasteiger charge is -2.66. The van der Waals surface area contributed by atoms with E-state index in [2.05, 4.69) is 41.7 Å². The van der Waals surface area contributed by atoms with Crippen LogP contribution in [0.4, 0.5) is 4.39 Å². The maximum atomic E-state index is 14.5. The first-order chi connectivity index (χ1) is 21.7. The van der Waals surface area contributed by atoms with Gasteiger partial charge in [0.25, 0.3) is 0 Å². The molecule has 8 atom stereocenters. The van der Waals surface area contributed by atoms with E-state index in [0.717, 1.165) is 12.5 Å².